The molecule has 0 spiro atoms. The smallest absolute Gasteiger partial charge is 0.147 e. The van der Waals surface area contributed by atoms with E-state index in [2.05, 4.69) is 6.92 Å². The molecule has 15 heavy (non-hydrogen) atoms. The van der Waals surface area contributed by atoms with Gasteiger partial charge >= 0.3 is 0 Å². The van der Waals surface area contributed by atoms with Gasteiger partial charge in [-0.25, -0.2) is 0 Å². The van der Waals surface area contributed by atoms with Crippen LogP contribution in [-0.4, -0.2) is 19.5 Å². The lowest BCUT2D eigenvalue weighted by molar-refractivity contribution is 0.0440. The molecular weight excluding hydrogens is 188 g/mol. The standard InChI is InChI=1S/C13H26O2/c1-2-3-4-5-6-7-8-9-10-13-11-14-12-15-13/h13H,2-12H2,1H3. The van der Waals surface area contributed by atoms with Crippen molar-refractivity contribution < 1.29 is 9.47 Å². The normalized spacial score (nSPS) is 21.0. The molecular formula is C13H26O2. The molecule has 1 unspecified atom stereocenters. The Hall–Kier alpha value is -0.0800. The second-order valence-corrected chi connectivity index (χ2v) is 4.54. The quantitative estimate of drug-likeness (QED) is 0.542. The molecule has 0 N–H and O–H groups in total. The lowest BCUT2D eigenvalue weighted by Gasteiger charge is -2.06. The van der Waals surface area contributed by atoms with Crippen LogP contribution >= 0.6 is 0 Å². The zero-order valence-electron chi connectivity index (χ0n) is 10.2. The Morgan fingerprint density at radius 2 is 1.60 bits per heavy atom. The summed E-state index contributed by atoms with van der Waals surface area (Å²) in [6.45, 7) is 3.60. The molecule has 0 aliphatic carbocycles. The van der Waals surface area contributed by atoms with Crippen LogP contribution in [0.1, 0.15) is 64.7 Å². The van der Waals surface area contributed by atoms with Crippen LogP contribution in [0.25, 0.3) is 0 Å². The molecule has 0 aromatic carbocycles. The van der Waals surface area contributed by atoms with Gasteiger partial charge in [0.15, 0.2) is 0 Å². The Morgan fingerprint density at radius 1 is 0.933 bits per heavy atom. The SMILES string of the molecule is CCCCCCCCCCC1COCO1. The van der Waals surface area contributed by atoms with Crippen molar-refractivity contribution in [2.75, 3.05) is 13.4 Å². The highest BCUT2D eigenvalue weighted by Gasteiger charge is 2.14. The summed E-state index contributed by atoms with van der Waals surface area (Å²) in [6.07, 6.45) is 12.7. The third kappa shape index (κ3) is 6.91. The summed E-state index contributed by atoms with van der Waals surface area (Å²) in [5.74, 6) is 0. The molecule has 1 fully saturated rings. The van der Waals surface area contributed by atoms with Gasteiger partial charge in [-0.3, -0.25) is 0 Å². The van der Waals surface area contributed by atoms with Gasteiger partial charge in [0.1, 0.15) is 6.79 Å². The van der Waals surface area contributed by atoms with E-state index in [0.717, 1.165) is 6.61 Å². The molecule has 90 valence electrons. The van der Waals surface area contributed by atoms with Crippen LogP contribution in [0.2, 0.25) is 0 Å². The van der Waals surface area contributed by atoms with Crippen molar-refractivity contribution in [2.24, 2.45) is 0 Å². The molecule has 0 radical (unpaired) electrons. The van der Waals surface area contributed by atoms with E-state index in [1.165, 1.54) is 57.8 Å². The lowest BCUT2D eigenvalue weighted by Crippen LogP contribution is -2.08. The van der Waals surface area contributed by atoms with E-state index in [9.17, 15) is 0 Å². The topological polar surface area (TPSA) is 18.5 Å². The molecule has 0 amide bonds. The van der Waals surface area contributed by atoms with Gasteiger partial charge in [-0.2, -0.15) is 0 Å². The number of hydrogen-bond donors (Lipinski definition) is 0. The monoisotopic (exact) mass is 214 g/mol. The van der Waals surface area contributed by atoms with Crippen LogP contribution in [0.3, 0.4) is 0 Å². The Balaban J connectivity index is 1.73. The average Bonchev–Trinajstić information content (AvgIpc) is 2.75. The summed E-state index contributed by atoms with van der Waals surface area (Å²) in [6, 6.07) is 0. The molecule has 2 heteroatoms. The second-order valence-electron chi connectivity index (χ2n) is 4.54. The minimum Gasteiger partial charge on any atom is -0.353 e. The molecule has 0 bridgehead atoms. The maximum atomic E-state index is 5.39. The Morgan fingerprint density at radius 3 is 2.20 bits per heavy atom. The van der Waals surface area contributed by atoms with Crippen LogP contribution in [0, 0.1) is 0 Å². The van der Waals surface area contributed by atoms with Crippen molar-refractivity contribution in [1.29, 1.82) is 0 Å². The summed E-state index contributed by atoms with van der Waals surface area (Å²) < 4.78 is 10.5. The molecule has 2 nitrogen and oxygen atoms in total. The fourth-order valence-corrected chi connectivity index (χ4v) is 2.04. The summed E-state index contributed by atoms with van der Waals surface area (Å²) >= 11 is 0. The maximum Gasteiger partial charge on any atom is 0.147 e. The third-order valence-corrected chi connectivity index (χ3v) is 3.07. The van der Waals surface area contributed by atoms with Crippen molar-refractivity contribution in [3.8, 4) is 0 Å². The minimum absolute atomic E-state index is 0.394. The van der Waals surface area contributed by atoms with E-state index in [1.807, 2.05) is 0 Å². The fraction of sp³-hybridized carbons (Fsp3) is 1.00. The van der Waals surface area contributed by atoms with Gasteiger partial charge < -0.3 is 9.47 Å². The highest BCUT2D eigenvalue weighted by molar-refractivity contribution is 4.60. The molecule has 1 rings (SSSR count). The maximum absolute atomic E-state index is 5.39. The molecule has 1 aliphatic rings. The molecule has 1 atom stereocenters. The number of hydrogen-bond acceptors (Lipinski definition) is 2. The molecule has 1 aliphatic heterocycles. The van der Waals surface area contributed by atoms with E-state index in [1.54, 1.807) is 0 Å². The van der Waals surface area contributed by atoms with Crippen molar-refractivity contribution in [3.63, 3.8) is 0 Å². The van der Waals surface area contributed by atoms with Gasteiger partial charge in [0, 0.05) is 0 Å². The van der Waals surface area contributed by atoms with Gasteiger partial charge in [-0.15, -0.1) is 0 Å². The van der Waals surface area contributed by atoms with Crippen molar-refractivity contribution >= 4 is 0 Å². The van der Waals surface area contributed by atoms with Gasteiger partial charge in [0.25, 0.3) is 0 Å². The third-order valence-electron chi connectivity index (χ3n) is 3.07. The van der Waals surface area contributed by atoms with Crippen molar-refractivity contribution in [2.45, 2.75) is 70.8 Å². The number of unbranched alkanes of at least 4 members (excludes halogenated alkanes) is 7. The molecule has 1 saturated heterocycles. The second kappa shape index (κ2) is 9.17. The van der Waals surface area contributed by atoms with Crippen molar-refractivity contribution in [1.82, 2.24) is 0 Å². The van der Waals surface area contributed by atoms with E-state index in [-0.39, 0.29) is 0 Å². The molecule has 1 heterocycles. The molecule has 0 aromatic heterocycles. The van der Waals surface area contributed by atoms with E-state index < -0.39 is 0 Å². The number of ether oxygens (including phenoxy) is 2. The van der Waals surface area contributed by atoms with E-state index in [4.69, 9.17) is 9.47 Å². The summed E-state index contributed by atoms with van der Waals surface area (Å²) in [5, 5.41) is 0. The Kier molecular flexibility index (Phi) is 7.94. The summed E-state index contributed by atoms with van der Waals surface area (Å²) in [5.41, 5.74) is 0. The van der Waals surface area contributed by atoms with Crippen LogP contribution in [0.4, 0.5) is 0 Å². The van der Waals surface area contributed by atoms with Crippen LogP contribution in [-0.2, 0) is 9.47 Å². The minimum atomic E-state index is 0.394. The Bertz CT molecular complexity index is 130. The number of rotatable bonds is 9. The van der Waals surface area contributed by atoms with Gasteiger partial charge in [0.05, 0.1) is 12.7 Å². The zero-order valence-corrected chi connectivity index (χ0v) is 10.2. The summed E-state index contributed by atoms with van der Waals surface area (Å²) in [7, 11) is 0. The first-order chi connectivity index (χ1) is 7.43. The fourth-order valence-electron chi connectivity index (χ4n) is 2.04. The largest absolute Gasteiger partial charge is 0.353 e. The first kappa shape index (κ1) is 13.0. The van der Waals surface area contributed by atoms with Gasteiger partial charge in [0.2, 0.25) is 0 Å². The Labute approximate surface area is 94.3 Å². The predicted octanol–water partition coefficient (Wildman–Crippen LogP) is 3.89. The molecule has 0 saturated carbocycles. The van der Waals surface area contributed by atoms with Crippen LogP contribution in [0.5, 0.6) is 0 Å². The predicted molar refractivity (Wildman–Crippen MR) is 62.9 cm³/mol. The van der Waals surface area contributed by atoms with E-state index >= 15 is 0 Å². The summed E-state index contributed by atoms with van der Waals surface area (Å²) in [4.78, 5) is 0. The molecule has 0 aromatic rings. The van der Waals surface area contributed by atoms with E-state index in [0.29, 0.717) is 12.9 Å². The average molecular weight is 214 g/mol. The van der Waals surface area contributed by atoms with Crippen LogP contribution in [0.15, 0.2) is 0 Å². The first-order valence-electron chi connectivity index (χ1n) is 6.63. The highest BCUT2D eigenvalue weighted by atomic mass is 16.7. The van der Waals surface area contributed by atoms with Gasteiger partial charge in [-0.1, -0.05) is 58.3 Å². The highest BCUT2D eigenvalue weighted by Crippen LogP contribution is 2.14. The zero-order chi connectivity index (χ0) is 10.8. The first-order valence-corrected chi connectivity index (χ1v) is 6.63. The van der Waals surface area contributed by atoms with Crippen LogP contribution < -0.4 is 0 Å². The lowest BCUT2D eigenvalue weighted by atomic mass is 10.1. The van der Waals surface area contributed by atoms with Gasteiger partial charge in [-0.05, 0) is 6.42 Å². The van der Waals surface area contributed by atoms with Crippen molar-refractivity contribution in [3.05, 3.63) is 0 Å².